The molecule has 0 radical (unpaired) electrons. The van der Waals surface area contributed by atoms with Gasteiger partial charge in [0.2, 0.25) is 0 Å². The molecular formula is C14H16F3NO3. The largest absolute Gasteiger partial charge is 0.459 e. The van der Waals surface area contributed by atoms with Gasteiger partial charge in [-0.25, -0.2) is 4.79 Å². The highest BCUT2D eigenvalue weighted by Gasteiger charge is 2.31. The Bertz CT molecular complexity index is 511. The van der Waals surface area contributed by atoms with Gasteiger partial charge in [0, 0.05) is 12.3 Å². The number of esters is 1. The van der Waals surface area contributed by atoms with Crippen molar-refractivity contribution in [1.82, 2.24) is 0 Å². The fraction of sp³-hybridized carbons (Fsp3) is 0.500. The van der Waals surface area contributed by atoms with Gasteiger partial charge < -0.3 is 15.2 Å². The van der Waals surface area contributed by atoms with Crippen LogP contribution in [-0.2, 0) is 15.7 Å². The van der Waals surface area contributed by atoms with Crippen LogP contribution in [0, 0.1) is 0 Å². The Balaban J connectivity index is 1.99. The second-order valence-corrected chi connectivity index (χ2v) is 4.89. The number of nitrogens with two attached hydrogens (primary N) is 1. The average Bonchev–Trinajstić information content (AvgIpc) is 2.45. The van der Waals surface area contributed by atoms with Gasteiger partial charge in [0.25, 0.3) is 0 Å². The molecule has 1 unspecified atom stereocenters. The number of alkyl halides is 3. The molecule has 0 aromatic heterocycles. The first-order valence-corrected chi connectivity index (χ1v) is 6.63. The zero-order valence-electron chi connectivity index (χ0n) is 11.3. The van der Waals surface area contributed by atoms with E-state index in [0.717, 1.165) is 37.5 Å². The van der Waals surface area contributed by atoms with E-state index in [1.807, 2.05) is 0 Å². The molecule has 4 nitrogen and oxygen atoms in total. The van der Waals surface area contributed by atoms with Gasteiger partial charge in [-0.3, -0.25) is 0 Å². The lowest BCUT2D eigenvalue weighted by molar-refractivity contribution is -0.137. The molecule has 0 saturated carbocycles. The Hall–Kier alpha value is -1.76. The Morgan fingerprint density at radius 1 is 1.38 bits per heavy atom. The molecule has 0 bridgehead atoms. The van der Waals surface area contributed by atoms with Crippen molar-refractivity contribution in [3.63, 3.8) is 0 Å². The molecule has 21 heavy (non-hydrogen) atoms. The number of ether oxygens (including phenoxy) is 2. The first-order valence-electron chi connectivity index (χ1n) is 6.63. The fourth-order valence-electron chi connectivity index (χ4n) is 2.11. The maximum atomic E-state index is 12.5. The van der Waals surface area contributed by atoms with E-state index in [2.05, 4.69) is 0 Å². The predicted octanol–water partition coefficient (Wildman–Crippen LogP) is 3.01. The predicted molar refractivity (Wildman–Crippen MR) is 69.7 cm³/mol. The maximum absolute atomic E-state index is 12.5. The van der Waals surface area contributed by atoms with Gasteiger partial charge in [0.15, 0.2) is 0 Å². The highest BCUT2D eigenvalue weighted by molar-refractivity contribution is 5.95. The molecule has 2 rings (SSSR count). The van der Waals surface area contributed by atoms with Crippen LogP contribution >= 0.6 is 0 Å². The van der Waals surface area contributed by atoms with Crippen molar-refractivity contribution < 1.29 is 27.4 Å². The second-order valence-electron chi connectivity index (χ2n) is 4.89. The summed E-state index contributed by atoms with van der Waals surface area (Å²) in [5.74, 6) is -0.740. The molecule has 2 N–H and O–H groups in total. The number of hydrogen-bond acceptors (Lipinski definition) is 4. The molecule has 7 heteroatoms. The number of rotatable bonds is 3. The summed E-state index contributed by atoms with van der Waals surface area (Å²) in [6.45, 7) is 0.712. The summed E-state index contributed by atoms with van der Waals surface area (Å²) in [5.41, 5.74) is 4.28. The molecular weight excluding hydrogens is 287 g/mol. The minimum atomic E-state index is -4.49. The molecule has 1 heterocycles. The first kappa shape index (κ1) is 15.6. The van der Waals surface area contributed by atoms with E-state index in [-0.39, 0.29) is 24.0 Å². The van der Waals surface area contributed by atoms with E-state index < -0.39 is 17.7 Å². The van der Waals surface area contributed by atoms with E-state index in [1.165, 1.54) is 0 Å². The van der Waals surface area contributed by atoms with Crippen molar-refractivity contribution >= 4 is 11.7 Å². The number of carbonyl (C=O) groups excluding carboxylic acids is 1. The van der Waals surface area contributed by atoms with Gasteiger partial charge in [-0.15, -0.1) is 0 Å². The van der Waals surface area contributed by atoms with Crippen molar-refractivity contribution in [3.8, 4) is 0 Å². The molecule has 0 aliphatic carbocycles. The lowest BCUT2D eigenvalue weighted by atomic mass is 10.1. The molecule has 0 amide bonds. The standard InChI is InChI=1S/C14H16F3NO3/c15-14(16,17)9-4-5-11(12(18)7-9)13(19)21-8-10-3-1-2-6-20-10/h4-5,7,10H,1-3,6,8,18H2. The number of halogens is 3. The molecule has 1 aliphatic heterocycles. The summed E-state index contributed by atoms with van der Waals surface area (Å²) in [7, 11) is 0. The third kappa shape index (κ3) is 4.10. The van der Waals surface area contributed by atoms with Gasteiger partial charge in [-0.1, -0.05) is 0 Å². The van der Waals surface area contributed by atoms with E-state index in [1.54, 1.807) is 0 Å². The summed E-state index contributed by atoms with van der Waals surface area (Å²) in [4.78, 5) is 11.8. The lowest BCUT2D eigenvalue weighted by Gasteiger charge is -2.22. The van der Waals surface area contributed by atoms with E-state index in [0.29, 0.717) is 6.61 Å². The zero-order chi connectivity index (χ0) is 15.5. The Morgan fingerprint density at radius 2 is 2.14 bits per heavy atom. The minimum Gasteiger partial charge on any atom is -0.459 e. The normalized spacial score (nSPS) is 19.3. The third-order valence-corrected chi connectivity index (χ3v) is 3.27. The summed E-state index contributed by atoms with van der Waals surface area (Å²) in [6.07, 6.45) is -1.86. The molecule has 1 saturated heterocycles. The molecule has 0 spiro atoms. The number of nitrogen functional groups attached to an aromatic ring is 1. The maximum Gasteiger partial charge on any atom is 0.416 e. The van der Waals surface area contributed by atoms with Crippen LogP contribution in [0.25, 0.3) is 0 Å². The van der Waals surface area contributed by atoms with Crippen LogP contribution in [0.3, 0.4) is 0 Å². The van der Waals surface area contributed by atoms with Crippen LogP contribution in [0.5, 0.6) is 0 Å². The zero-order valence-corrected chi connectivity index (χ0v) is 11.3. The smallest absolute Gasteiger partial charge is 0.416 e. The minimum absolute atomic E-state index is 0.0705. The van der Waals surface area contributed by atoms with Crippen LogP contribution in [0.4, 0.5) is 18.9 Å². The SMILES string of the molecule is Nc1cc(C(F)(F)F)ccc1C(=O)OCC1CCCCO1. The van der Waals surface area contributed by atoms with Crippen LogP contribution in [0.2, 0.25) is 0 Å². The quantitative estimate of drug-likeness (QED) is 0.689. The number of benzene rings is 1. The van der Waals surface area contributed by atoms with Crippen LogP contribution < -0.4 is 5.73 Å². The number of anilines is 1. The van der Waals surface area contributed by atoms with Gasteiger partial charge in [-0.05, 0) is 37.5 Å². The molecule has 1 fully saturated rings. The van der Waals surface area contributed by atoms with E-state index in [4.69, 9.17) is 15.2 Å². The van der Waals surface area contributed by atoms with Gasteiger partial charge in [0.05, 0.1) is 17.2 Å². The van der Waals surface area contributed by atoms with Crippen molar-refractivity contribution in [2.24, 2.45) is 0 Å². The van der Waals surface area contributed by atoms with E-state index in [9.17, 15) is 18.0 Å². The Morgan fingerprint density at radius 3 is 2.71 bits per heavy atom. The second kappa shape index (κ2) is 6.34. The summed E-state index contributed by atoms with van der Waals surface area (Å²) < 4.78 is 48.0. The fourth-order valence-corrected chi connectivity index (χ4v) is 2.11. The lowest BCUT2D eigenvalue weighted by Crippen LogP contribution is -2.26. The highest BCUT2D eigenvalue weighted by Crippen LogP contribution is 2.31. The monoisotopic (exact) mass is 303 g/mol. The van der Waals surface area contributed by atoms with Gasteiger partial charge >= 0.3 is 12.1 Å². The van der Waals surface area contributed by atoms with Crippen molar-refractivity contribution in [2.45, 2.75) is 31.5 Å². The van der Waals surface area contributed by atoms with Crippen LogP contribution in [-0.4, -0.2) is 25.3 Å². The van der Waals surface area contributed by atoms with E-state index >= 15 is 0 Å². The molecule has 1 aliphatic rings. The summed E-state index contributed by atoms with van der Waals surface area (Å²) in [6, 6.07) is 2.57. The number of carbonyl (C=O) groups is 1. The molecule has 1 aromatic carbocycles. The molecule has 1 atom stereocenters. The van der Waals surface area contributed by atoms with Crippen molar-refractivity contribution in [3.05, 3.63) is 29.3 Å². The van der Waals surface area contributed by atoms with Gasteiger partial charge in [0.1, 0.15) is 6.61 Å². The third-order valence-electron chi connectivity index (χ3n) is 3.27. The number of hydrogen-bond donors (Lipinski definition) is 1. The van der Waals surface area contributed by atoms with Crippen LogP contribution in [0.1, 0.15) is 35.2 Å². The highest BCUT2D eigenvalue weighted by atomic mass is 19.4. The Labute approximate surface area is 120 Å². The summed E-state index contributed by atoms with van der Waals surface area (Å²) >= 11 is 0. The van der Waals surface area contributed by atoms with Crippen LogP contribution in [0.15, 0.2) is 18.2 Å². The first-order chi connectivity index (χ1) is 9.88. The molecule has 1 aromatic rings. The van der Waals surface area contributed by atoms with Crippen molar-refractivity contribution in [2.75, 3.05) is 18.9 Å². The topological polar surface area (TPSA) is 61.6 Å². The van der Waals surface area contributed by atoms with Crippen molar-refractivity contribution in [1.29, 1.82) is 0 Å². The van der Waals surface area contributed by atoms with Gasteiger partial charge in [-0.2, -0.15) is 13.2 Å². The molecule has 116 valence electrons. The summed E-state index contributed by atoms with van der Waals surface area (Å²) in [5, 5.41) is 0. The average molecular weight is 303 g/mol. The Kier molecular flexibility index (Phi) is 4.72.